The van der Waals surface area contributed by atoms with Crippen molar-refractivity contribution < 1.29 is 30.0 Å². The molecule has 15 heavy (non-hydrogen) atoms. The van der Waals surface area contributed by atoms with Gasteiger partial charge < -0.3 is 25.2 Å². The van der Waals surface area contributed by atoms with Crippen LogP contribution >= 0.6 is 12.6 Å². The van der Waals surface area contributed by atoms with Crippen LogP contribution in [0.4, 0.5) is 0 Å². The van der Waals surface area contributed by atoms with Crippen molar-refractivity contribution in [1.82, 2.24) is 0 Å². The molecule has 5 atom stereocenters. The highest BCUT2D eigenvalue weighted by molar-refractivity contribution is 7.82. The maximum atomic E-state index is 11.2. The van der Waals surface area contributed by atoms with Crippen LogP contribution in [-0.2, 0) is 9.53 Å². The molecule has 1 saturated heterocycles. The molecule has 6 nitrogen and oxygen atoms in total. The second kappa shape index (κ2) is 4.36. The molecule has 0 bridgehead atoms. The Morgan fingerprint density at radius 1 is 1.40 bits per heavy atom. The van der Waals surface area contributed by atoms with Crippen molar-refractivity contribution in [2.45, 2.75) is 36.3 Å². The summed E-state index contributed by atoms with van der Waals surface area (Å²) in [6.07, 6.45) is -5.83. The number of rotatable bonds is 2. The Bertz CT molecular complexity index is 258. The third-order valence-electron chi connectivity index (χ3n) is 2.47. The molecule has 1 rings (SSSR count). The van der Waals surface area contributed by atoms with Gasteiger partial charge in [0, 0.05) is 0 Å². The fourth-order valence-electron chi connectivity index (χ4n) is 1.44. The summed E-state index contributed by atoms with van der Waals surface area (Å²) in [5.41, 5.74) is 0. The summed E-state index contributed by atoms with van der Waals surface area (Å²) in [6, 6.07) is 0. The summed E-state index contributed by atoms with van der Waals surface area (Å²) in [5, 5.41) is 37.2. The van der Waals surface area contributed by atoms with E-state index in [1.165, 1.54) is 0 Å². The standard InChI is InChI=1S/C8H14O6S/c1-3(10)8(15)7(13)6(12)5(11)4(2-9)14-8/h4-7,9,11-13,15H,2H2,1H3/t4-,5+,6+,7-,8-/m1/s1. The monoisotopic (exact) mass is 238 g/mol. The molecule has 0 aromatic rings. The third-order valence-corrected chi connectivity index (χ3v) is 3.16. The van der Waals surface area contributed by atoms with Crippen molar-refractivity contribution in [3.05, 3.63) is 0 Å². The van der Waals surface area contributed by atoms with Gasteiger partial charge in [0.1, 0.15) is 24.4 Å². The molecule has 1 aliphatic rings. The van der Waals surface area contributed by atoms with Gasteiger partial charge in [0.2, 0.25) is 0 Å². The van der Waals surface area contributed by atoms with E-state index in [0.29, 0.717) is 0 Å². The number of carbonyl (C=O) groups is 1. The van der Waals surface area contributed by atoms with Gasteiger partial charge in [-0.2, -0.15) is 0 Å². The van der Waals surface area contributed by atoms with E-state index in [1.807, 2.05) is 0 Å². The van der Waals surface area contributed by atoms with Crippen LogP contribution in [0.2, 0.25) is 0 Å². The van der Waals surface area contributed by atoms with E-state index in [2.05, 4.69) is 12.6 Å². The first kappa shape index (κ1) is 12.9. The van der Waals surface area contributed by atoms with E-state index in [0.717, 1.165) is 6.92 Å². The summed E-state index contributed by atoms with van der Waals surface area (Å²) in [6.45, 7) is 0.551. The molecule has 0 aromatic carbocycles. The minimum atomic E-state index is -1.90. The van der Waals surface area contributed by atoms with Crippen molar-refractivity contribution >= 4 is 18.4 Å². The average molecular weight is 238 g/mol. The van der Waals surface area contributed by atoms with Crippen LogP contribution in [0.15, 0.2) is 0 Å². The lowest BCUT2D eigenvalue weighted by Crippen LogP contribution is -2.65. The molecule has 0 amide bonds. The zero-order chi connectivity index (χ0) is 11.8. The highest BCUT2D eigenvalue weighted by Crippen LogP contribution is 2.33. The normalized spacial score (nSPS) is 46.5. The van der Waals surface area contributed by atoms with Crippen LogP contribution in [0, 0.1) is 0 Å². The van der Waals surface area contributed by atoms with Gasteiger partial charge in [-0.25, -0.2) is 0 Å². The van der Waals surface area contributed by atoms with Crippen LogP contribution in [-0.4, -0.2) is 62.2 Å². The van der Waals surface area contributed by atoms with Crippen LogP contribution in [0.1, 0.15) is 6.92 Å². The summed E-state index contributed by atoms with van der Waals surface area (Å²) < 4.78 is 4.98. The Hall–Kier alpha value is -0.180. The molecule has 1 aliphatic heterocycles. The van der Waals surface area contributed by atoms with Crippen molar-refractivity contribution in [1.29, 1.82) is 0 Å². The van der Waals surface area contributed by atoms with Gasteiger partial charge in [-0.3, -0.25) is 4.79 Å². The Labute approximate surface area is 91.9 Å². The van der Waals surface area contributed by atoms with Crippen molar-refractivity contribution in [3.63, 3.8) is 0 Å². The number of carbonyl (C=O) groups excluding carboxylic acids is 1. The topological polar surface area (TPSA) is 107 Å². The third kappa shape index (κ3) is 2.03. The second-order valence-electron chi connectivity index (χ2n) is 3.52. The minimum absolute atomic E-state index is 0.583. The zero-order valence-electron chi connectivity index (χ0n) is 8.07. The average Bonchev–Trinajstić information content (AvgIpc) is 2.20. The van der Waals surface area contributed by atoms with Crippen LogP contribution in [0.25, 0.3) is 0 Å². The van der Waals surface area contributed by atoms with Gasteiger partial charge in [0.05, 0.1) is 6.61 Å². The lowest BCUT2D eigenvalue weighted by atomic mass is 9.93. The highest BCUT2D eigenvalue weighted by atomic mass is 32.1. The van der Waals surface area contributed by atoms with Gasteiger partial charge in [-0.15, -0.1) is 12.6 Å². The van der Waals surface area contributed by atoms with Gasteiger partial charge >= 0.3 is 0 Å². The molecule has 0 spiro atoms. The first-order chi connectivity index (χ1) is 6.84. The fourth-order valence-corrected chi connectivity index (χ4v) is 1.73. The molecule has 1 heterocycles. The second-order valence-corrected chi connectivity index (χ2v) is 4.18. The molecule has 1 fully saturated rings. The lowest BCUT2D eigenvalue weighted by molar-refractivity contribution is -0.235. The number of ketones is 1. The van der Waals surface area contributed by atoms with Crippen molar-refractivity contribution in [3.8, 4) is 0 Å². The molecular weight excluding hydrogens is 224 g/mol. The Balaban J connectivity index is 2.97. The Morgan fingerprint density at radius 2 is 1.93 bits per heavy atom. The van der Waals surface area contributed by atoms with E-state index in [9.17, 15) is 20.1 Å². The fraction of sp³-hybridized carbons (Fsp3) is 0.875. The molecule has 0 aromatic heterocycles. The first-order valence-electron chi connectivity index (χ1n) is 4.41. The number of aliphatic hydroxyl groups excluding tert-OH is 4. The predicted octanol–water partition coefficient (Wildman–Crippen LogP) is -2.32. The SMILES string of the molecule is CC(=O)[C@]1(S)O[C@H](CO)[C@H](O)[C@H](O)[C@H]1O. The molecule has 0 unspecified atom stereocenters. The van der Waals surface area contributed by atoms with Gasteiger partial charge in [0.25, 0.3) is 0 Å². The first-order valence-corrected chi connectivity index (χ1v) is 4.85. The van der Waals surface area contributed by atoms with Gasteiger partial charge in [0.15, 0.2) is 10.7 Å². The van der Waals surface area contributed by atoms with Crippen molar-refractivity contribution in [2.24, 2.45) is 0 Å². The van der Waals surface area contributed by atoms with E-state index in [4.69, 9.17) is 9.84 Å². The number of aliphatic hydroxyl groups is 4. The lowest BCUT2D eigenvalue weighted by Gasteiger charge is -2.44. The Morgan fingerprint density at radius 3 is 2.33 bits per heavy atom. The van der Waals surface area contributed by atoms with E-state index in [-0.39, 0.29) is 0 Å². The zero-order valence-corrected chi connectivity index (χ0v) is 8.96. The smallest absolute Gasteiger partial charge is 0.197 e. The molecule has 0 aliphatic carbocycles. The number of thiol groups is 1. The molecule has 0 radical (unpaired) electrons. The molecule has 4 N–H and O–H groups in total. The highest BCUT2D eigenvalue weighted by Gasteiger charge is 2.54. The van der Waals surface area contributed by atoms with Crippen LogP contribution in [0.5, 0.6) is 0 Å². The minimum Gasteiger partial charge on any atom is -0.394 e. The summed E-state index contributed by atoms with van der Waals surface area (Å²) >= 11 is 3.85. The quantitative estimate of drug-likeness (QED) is 0.346. The number of ether oxygens (including phenoxy) is 1. The van der Waals surface area contributed by atoms with Crippen LogP contribution < -0.4 is 0 Å². The van der Waals surface area contributed by atoms with Crippen LogP contribution in [0.3, 0.4) is 0 Å². The number of hydrogen-bond donors (Lipinski definition) is 5. The summed E-state index contributed by atoms with van der Waals surface area (Å²) in [5.74, 6) is -0.609. The van der Waals surface area contributed by atoms with Crippen molar-refractivity contribution in [2.75, 3.05) is 6.61 Å². The number of Topliss-reactive ketones (excluding diaryl/α,β-unsaturated/α-hetero) is 1. The number of hydrogen-bond acceptors (Lipinski definition) is 7. The summed E-state index contributed by atoms with van der Waals surface area (Å²) in [7, 11) is 0. The largest absolute Gasteiger partial charge is 0.394 e. The Kier molecular flexibility index (Phi) is 3.75. The van der Waals surface area contributed by atoms with Gasteiger partial charge in [-0.1, -0.05) is 0 Å². The summed E-state index contributed by atoms with van der Waals surface area (Å²) in [4.78, 5) is 9.31. The maximum absolute atomic E-state index is 11.2. The molecular formula is C8H14O6S. The van der Waals surface area contributed by atoms with Gasteiger partial charge in [-0.05, 0) is 6.92 Å². The van der Waals surface area contributed by atoms with E-state index in [1.54, 1.807) is 0 Å². The molecule has 7 heteroatoms. The van der Waals surface area contributed by atoms with E-state index < -0.39 is 41.7 Å². The maximum Gasteiger partial charge on any atom is 0.197 e. The molecule has 88 valence electrons. The van der Waals surface area contributed by atoms with E-state index >= 15 is 0 Å². The molecule has 0 saturated carbocycles. The predicted molar refractivity (Wildman–Crippen MR) is 52.4 cm³/mol.